The van der Waals surface area contributed by atoms with Gasteiger partial charge in [-0.3, -0.25) is 4.79 Å². The first-order chi connectivity index (χ1) is 9.71. The molecule has 0 saturated carbocycles. The number of likely N-dealkylation sites (tertiary alicyclic amines) is 1. The van der Waals surface area contributed by atoms with Crippen LogP contribution in [-0.4, -0.2) is 52.9 Å². The molecule has 0 aliphatic carbocycles. The van der Waals surface area contributed by atoms with E-state index in [2.05, 4.69) is 5.32 Å². The lowest BCUT2D eigenvalue weighted by Gasteiger charge is -2.33. The number of carboxylic acid groups (broad SMARTS) is 1. The van der Waals surface area contributed by atoms with Crippen LogP contribution in [0.3, 0.4) is 0 Å². The van der Waals surface area contributed by atoms with Crippen molar-refractivity contribution in [1.82, 2.24) is 10.2 Å². The zero-order valence-corrected chi connectivity index (χ0v) is 13.3. The number of nitrogens with zero attached hydrogens (tertiary/aromatic N) is 1. The first-order valence-electron chi connectivity index (χ1n) is 7.59. The second-order valence-electron chi connectivity index (χ2n) is 7.12. The first kappa shape index (κ1) is 17.8. The van der Waals surface area contributed by atoms with E-state index in [9.17, 15) is 9.59 Å². The van der Waals surface area contributed by atoms with E-state index in [0.717, 1.165) is 12.8 Å². The third-order valence-corrected chi connectivity index (χ3v) is 3.77. The van der Waals surface area contributed by atoms with Crippen LogP contribution in [-0.2, 0) is 4.79 Å². The van der Waals surface area contributed by atoms with E-state index in [0.29, 0.717) is 19.5 Å². The van der Waals surface area contributed by atoms with Gasteiger partial charge in [-0.2, -0.15) is 0 Å². The molecule has 1 rings (SSSR count). The molecule has 0 radical (unpaired) electrons. The average Bonchev–Trinajstić information content (AvgIpc) is 2.36. The van der Waals surface area contributed by atoms with Crippen molar-refractivity contribution in [3.8, 4) is 0 Å². The fourth-order valence-electron chi connectivity index (χ4n) is 2.71. The number of amides is 2. The zero-order chi connectivity index (χ0) is 16.0. The van der Waals surface area contributed by atoms with Gasteiger partial charge in [-0.1, -0.05) is 20.8 Å². The summed E-state index contributed by atoms with van der Waals surface area (Å²) in [7, 11) is 0. The maximum Gasteiger partial charge on any atom is 0.317 e. The lowest BCUT2D eigenvalue weighted by molar-refractivity contribution is -0.137. The highest BCUT2D eigenvalue weighted by Crippen LogP contribution is 2.23. The van der Waals surface area contributed by atoms with Crippen LogP contribution in [0.4, 0.5) is 4.79 Å². The fourth-order valence-corrected chi connectivity index (χ4v) is 2.71. The summed E-state index contributed by atoms with van der Waals surface area (Å²) < 4.78 is 0. The number of rotatable bonds is 5. The molecule has 0 aromatic carbocycles. The van der Waals surface area contributed by atoms with E-state index in [1.54, 1.807) is 4.90 Å². The van der Waals surface area contributed by atoms with E-state index in [1.807, 2.05) is 20.8 Å². The molecule has 0 aromatic rings. The van der Waals surface area contributed by atoms with Gasteiger partial charge in [0.05, 0.1) is 6.42 Å². The van der Waals surface area contributed by atoms with Crippen molar-refractivity contribution in [3.05, 3.63) is 0 Å². The lowest BCUT2D eigenvalue weighted by atomic mass is 9.87. The molecule has 1 fully saturated rings. The van der Waals surface area contributed by atoms with Crippen molar-refractivity contribution in [3.63, 3.8) is 0 Å². The number of urea groups is 1. The summed E-state index contributed by atoms with van der Waals surface area (Å²) in [6.07, 6.45) is 2.16. The van der Waals surface area contributed by atoms with Crippen molar-refractivity contribution in [2.45, 2.75) is 52.5 Å². The smallest absolute Gasteiger partial charge is 0.317 e. The Hall–Kier alpha value is -1.30. The maximum atomic E-state index is 12.2. The molecule has 3 N–H and O–H groups in total. The normalized spacial score (nSPS) is 18.4. The molecule has 122 valence electrons. The monoisotopic (exact) mass is 300 g/mol. The topological polar surface area (TPSA) is 89.9 Å². The van der Waals surface area contributed by atoms with Crippen molar-refractivity contribution in [1.29, 1.82) is 0 Å². The molecule has 1 aliphatic rings. The van der Waals surface area contributed by atoms with Crippen molar-refractivity contribution >= 4 is 12.0 Å². The Balaban J connectivity index is 2.53. The van der Waals surface area contributed by atoms with Crippen LogP contribution in [0, 0.1) is 11.3 Å². The van der Waals surface area contributed by atoms with Crippen LogP contribution in [0.25, 0.3) is 0 Å². The molecular weight excluding hydrogens is 272 g/mol. The SMILES string of the molecule is CC(C)(C)CC(CC(=O)O)NC(=O)N1CCC(CO)CC1. The number of carbonyl (C=O) groups is 2. The Morgan fingerprint density at radius 3 is 2.29 bits per heavy atom. The van der Waals surface area contributed by atoms with Gasteiger partial charge < -0.3 is 20.4 Å². The molecule has 6 heteroatoms. The second kappa shape index (κ2) is 7.64. The predicted octanol–water partition coefficient (Wildman–Crippen LogP) is 1.68. The number of carbonyl (C=O) groups excluding carboxylic acids is 1. The van der Waals surface area contributed by atoms with Crippen molar-refractivity contribution in [2.75, 3.05) is 19.7 Å². The Morgan fingerprint density at radius 1 is 1.29 bits per heavy atom. The van der Waals surface area contributed by atoms with Gasteiger partial charge in [0.2, 0.25) is 0 Å². The van der Waals surface area contributed by atoms with Crippen molar-refractivity contribution in [2.24, 2.45) is 11.3 Å². The number of aliphatic carboxylic acids is 1. The number of aliphatic hydroxyl groups excluding tert-OH is 1. The highest BCUT2D eigenvalue weighted by atomic mass is 16.4. The number of carboxylic acids is 1. The van der Waals surface area contributed by atoms with Crippen molar-refractivity contribution < 1.29 is 19.8 Å². The summed E-state index contributed by atoms with van der Waals surface area (Å²) in [5.41, 5.74) is -0.0444. The molecule has 1 aliphatic heterocycles. The standard InChI is InChI=1S/C15H28N2O4/c1-15(2,3)9-12(8-13(19)20)16-14(21)17-6-4-11(10-18)5-7-17/h11-12,18H,4-10H2,1-3H3,(H,16,21)(H,19,20). The Kier molecular flexibility index (Phi) is 6.45. The van der Waals surface area contributed by atoms with Gasteiger partial charge in [0.1, 0.15) is 0 Å². The van der Waals surface area contributed by atoms with E-state index < -0.39 is 5.97 Å². The molecule has 2 amide bonds. The summed E-state index contributed by atoms with van der Waals surface area (Å²) in [4.78, 5) is 24.9. The molecule has 1 unspecified atom stereocenters. The minimum absolute atomic E-state index is 0.0444. The summed E-state index contributed by atoms with van der Waals surface area (Å²) in [6.45, 7) is 7.49. The van der Waals surface area contributed by atoms with Crippen LogP contribution in [0.2, 0.25) is 0 Å². The Morgan fingerprint density at radius 2 is 1.86 bits per heavy atom. The molecule has 0 aromatic heterocycles. The van der Waals surface area contributed by atoms with Crippen LogP contribution >= 0.6 is 0 Å². The minimum atomic E-state index is -0.900. The zero-order valence-electron chi connectivity index (χ0n) is 13.3. The molecule has 0 bridgehead atoms. The van der Waals surface area contributed by atoms with Gasteiger partial charge in [-0.15, -0.1) is 0 Å². The van der Waals surface area contributed by atoms with E-state index in [1.165, 1.54) is 0 Å². The largest absolute Gasteiger partial charge is 0.481 e. The van der Waals surface area contributed by atoms with Gasteiger partial charge >= 0.3 is 12.0 Å². The molecule has 1 atom stereocenters. The number of hydrogen-bond acceptors (Lipinski definition) is 3. The summed E-state index contributed by atoms with van der Waals surface area (Å²) in [5, 5.41) is 20.9. The summed E-state index contributed by atoms with van der Waals surface area (Å²) >= 11 is 0. The third kappa shape index (κ3) is 6.80. The number of nitrogens with one attached hydrogen (secondary N) is 1. The first-order valence-corrected chi connectivity index (χ1v) is 7.59. The Bertz CT molecular complexity index is 357. The Labute approximate surface area is 126 Å². The molecular formula is C15H28N2O4. The summed E-state index contributed by atoms with van der Waals surface area (Å²) in [5.74, 6) is -0.623. The number of piperidine rings is 1. The number of aliphatic hydroxyl groups is 1. The molecule has 6 nitrogen and oxygen atoms in total. The van der Waals surface area contributed by atoms with Gasteiger partial charge in [0.25, 0.3) is 0 Å². The van der Waals surface area contributed by atoms with Crippen LogP contribution in [0.1, 0.15) is 46.5 Å². The molecule has 1 saturated heterocycles. The fraction of sp³-hybridized carbons (Fsp3) is 0.867. The quantitative estimate of drug-likeness (QED) is 0.720. The molecule has 0 spiro atoms. The van der Waals surface area contributed by atoms with E-state index >= 15 is 0 Å². The number of hydrogen-bond donors (Lipinski definition) is 3. The van der Waals surface area contributed by atoms with Crippen LogP contribution < -0.4 is 5.32 Å². The van der Waals surface area contributed by atoms with Gasteiger partial charge in [0.15, 0.2) is 0 Å². The van der Waals surface area contributed by atoms with Gasteiger partial charge in [0, 0.05) is 25.7 Å². The van der Waals surface area contributed by atoms with E-state index in [-0.39, 0.29) is 36.4 Å². The van der Waals surface area contributed by atoms with Crippen LogP contribution in [0.15, 0.2) is 0 Å². The average molecular weight is 300 g/mol. The van der Waals surface area contributed by atoms with Gasteiger partial charge in [-0.25, -0.2) is 4.79 Å². The highest BCUT2D eigenvalue weighted by Gasteiger charge is 2.27. The molecule has 21 heavy (non-hydrogen) atoms. The highest BCUT2D eigenvalue weighted by molar-refractivity contribution is 5.76. The lowest BCUT2D eigenvalue weighted by Crippen LogP contribution is -2.49. The second-order valence-corrected chi connectivity index (χ2v) is 7.12. The minimum Gasteiger partial charge on any atom is -0.481 e. The maximum absolute atomic E-state index is 12.2. The van der Waals surface area contributed by atoms with Gasteiger partial charge in [-0.05, 0) is 30.6 Å². The molecule has 1 heterocycles. The predicted molar refractivity (Wildman–Crippen MR) is 80.0 cm³/mol. The summed E-state index contributed by atoms with van der Waals surface area (Å²) in [6, 6.07) is -0.549. The van der Waals surface area contributed by atoms with Crippen LogP contribution in [0.5, 0.6) is 0 Å². The van der Waals surface area contributed by atoms with E-state index in [4.69, 9.17) is 10.2 Å². The third-order valence-electron chi connectivity index (χ3n) is 3.77.